The Labute approximate surface area is 354 Å². The van der Waals surface area contributed by atoms with E-state index in [4.69, 9.17) is 28.8 Å². The molecule has 0 heterocycles. The second-order valence-corrected chi connectivity index (χ2v) is 14.6. The van der Waals surface area contributed by atoms with E-state index in [-0.39, 0.29) is 106 Å². The number of nitrogens with one attached hydrogen (secondary N) is 3. The summed E-state index contributed by atoms with van der Waals surface area (Å²) in [5, 5.41) is 26.4. The summed E-state index contributed by atoms with van der Waals surface area (Å²) in [6.45, 7) is 6.27. The largest absolute Gasteiger partial charge is 0.494 e. The first-order chi connectivity index (χ1) is 28.9. The average Bonchev–Trinajstić information content (AvgIpc) is 3.21. The van der Waals surface area contributed by atoms with Crippen molar-refractivity contribution in [2.75, 3.05) is 72.6 Å². The van der Waals surface area contributed by atoms with Crippen molar-refractivity contribution in [3.8, 4) is 5.75 Å². The zero-order chi connectivity index (χ0) is 44.2. The molecule has 0 unspecified atom stereocenters. The van der Waals surface area contributed by atoms with Crippen LogP contribution in [0.15, 0.2) is 24.3 Å². The fraction of sp³-hybridized carbons (Fsp3) is 0.698. The van der Waals surface area contributed by atoms with Gasteiger partial charge >= 0.3 is 11.9 Å². The molecule has 60 heavy (non-hydrogen) atoms. The lowest BCUT2D eigenvalue weighted by Crippen LogP contribution is -2.41. The first-order valence-electron chi connectivity index (χ1n) is 21.2. The summed E-state index contributed by atoms with van der Waals surface area (Å²) in [6, 6.07) is 5.14. The summed E-state index contributed by atoms with van der Waals surface area (Å²) in [5.41, 5.74) is 0.216. The Morgan fingerprint density at radius 1 is 0.567 bits per heavy atom. The molecule has 1 aromatic rings. The molecule has 340 valence electrons. The highest BCUT2D eigenvalue weighted by atomic mass is 16.5. The summed E-state index contributed by atoms with van der Waals surface area (Å²) in [7, 11) is 0. The third-order valence-corrected chi connectivity index (χ3v) is 9.34. The molecule has 0 aliphatic carbocycles. The van der Waals surface area contributed by atoms with Crippen molar-refractivity contribution in [2.45, 2.75) is 116 Å². The third-order valence-electron chi connectivity index (χ3n) is 9.34. The van der Waals surface area contributed by atoms with Gasteiger partial charge in [0.15, 0.2) is 5.78 Å². The van der Waals surface area contributed by atoms with Gasteiger partial charge in [0.2, 0.25) is 17.7 Å². The van der Waals surface area contributed by atoms with Gasteiger partial charge in [0, 0.05) is 44.9 Å². The molecule has 0 aliphatic heterocycles. The minimum Gasteiger partial charge on any atom is -0.494 e. The van der Waals surface area contributed by atoms with E-state index in [1.165, 1.54) is 12.1 Å². The van der Waals surface area contributed by atoms with Crippen LogP contribution in [0.25, 0.3) is 0 Å². The molecule has 0 saturated carbocycles. The summed E-state index contributed by atoms with van der Waals surface area (Å²) >= 11 is 0. The Morgan fingerprint density at radius 3 is 1.85 bits per heavy atom. The van der Waals surface area contributed by atoms with Gasteiger partial charge < -0.3 is 49.8 Å². The zero-order valence-corrected chi connectivity index (χ0v) is 35.6. The molecule has 17 heteroatoms. The van der Waals surface area contributed by atoms with Gasteiger partial charge in [-0.15, -0.1) is 0 Å². The van der Waals surface area contributed by atoms with Crippen molar-refractivity contribution < 1.29 is 67.5 Å². The van der Waals surface area contributed by atoms with Crippen molar-refractivity contribution in [3.05, 3.63) is 29.8 Å². The van der Waals surface area contributed by atoms with Crippen LogP contribution in [0.3, 0.4) is 0 Å². The molecule has 0 bridgehead atoms. The Morgan fingerprint density at radius 2 is 1.18 bits per heavy atom. The average molecular weight is 852 g/mol. The van der Waals surface area contributed by atoms with Crippen LogP contribution < -0.4 is 20.7 Å². The minimum absolute atomic E-state index is 0.0419. The van der Waals surface area contributed by atoms with Gasteiger partial charge in [-0.25, -0.2) is 9.59 Å². The molecule has 0 fully saturated rings. The molecule has 0 radical (unpaired) electrons. The lowest BCUT2D eigenvalue weighted by atomic mass is 10.0. The summed E-state index contributed by atoms with van der Waals surface area (Å²) < 4.78 is 27.1. The number of unbranched alkanes of at least 4 members (excludes halogenated alkanes) is 7. The molecule has 1 aromatic carbocycles. The van der Waals surface area contributed by atoms with E-state index in [2.05, 4.69) is 16.0 Å². The van der Waals surface area contributed by atoms with Crippen molar-refractivity contribution in [2.24, 2.45) is 5.92 Å². The fourth-order valence-corrected chi connectivity index (χ4v) is 5.60. The normalized spacial score (nSPS) is 12.0. The highest BCUT2D eigenvalue weighted by molar-refractivity contribution is 5.87. The number of hydrogen-bond acceptors (Lipinski definition) is 12. The van der Waals surface area contributed by atoms with Crippen molar-refractivity contribution in [3.63, 3.8) is 0 Å². The molecule has 17 nitrogen and oxygen atoms in total. The number of benzene rings is 1. The van der Waals surface area contributed by atoms with Crippen LogP contribution in [0.1, 0.15) is 121 Å². The van der Waals surface area contributed by atoms with Crippen LogP contribution >= 0.6 is 0 Å². The van der Waals surface area contributed by atoms with Crippen molar-refractivity contribution >= 4 is 41.2 Å². The summed E-state index contributed by atoms with van der Waals surface area (Å²) in [5.74, 6) is -2.30. The Balaban J connectivity index is 1.93. The van der Waals surface area contributed by atoms with Crippen LogP contribution in [-0.4, -0.2) is 130 Å². The number of aliphatic carboxylic acids is 1. The molecular formula is C43H69N3O14. The van der Waals surface area contributed by atoms with Crippen LogP contribution in [-0.2, 0) is 47.7 Å². The number of ketones is 2. The maximum Gasteiger partial charge on any atom is 0.335 e. The summed E-state index contributed by atoms with van der Waals surface area (Å²) in [6.07, 6.45) is 9.76. The van der Waals surface area contributed by atoms with E-state index in [0.717, 1.165) is 57.8 Å². The number of Topliss-reactive ketones (excluding diaryl/α,β-unsaturated/α-hetero) is 2. The van der Waals surface area contributed by atoms with Gasteiger partial charge in [0.05, 0.1) is 45.2 Å². The SMILES string of the molecule is CC(=O)[C@@H](C)CCCCNC(=O)COCCOCCCC(=O)COCCOCCNC(=O)CC[C@H](NC(=O)CCCCCCCCCOc1ccc(C(=O)O)cc1)C(=O)O. The Hall–Kier alpha value is -4.45. The predicted octanol–water partition coefficient (Wildman–Crippen LogP) is 4.28. The van der Waals surface area contributed by atoms with Crippen molar-refractivity contribution in [1.29, 1.82) is 0 Å². The van der Waals surface area contributed by atoms with Gasteiger partial charge in [0.25, 0.3) is 0 Å². The number of amides is 3. The molecule has 5 N–H and O–H groups in total. The fourth-order valence-electron chi connectivity index (χ4n) is 5.60. The number of carbonyl (C=O) groups is 7. The monoisotopic (exact) mass is 851 g/mol. The predicted molar refractivity (Wildman–Crippen MR) is 222 cm³/mol. The lowest BCUT2D eigenvalue weighted by molar-refractivity contribution is -0.142. The van der Waals surface area contributed by atoms with Crippen LogP contribution in [0, 0.1) is 5.92 Å². The van der Waals surface area contributed by atoms with E-state index in [9.17, 15) is 38.7 Å². The molecule has 3 amide bonds. The van der Waals surface area contributed by atoms with Gasteiger partial charge in [-0.1, -0.05) is 45.4 Å². The molecule has 0 saturated heterocycles. The van der Waals surface area contributed by atoms with Gasteiger partial charge in [0.1, 0.15) is 30.8 Å². The number of carbonyl (C=O) groups excluding carboxylic acids is 5. The first-order valence-corrected chi connectivity index (χ1v) is 21.2. The van der Waals surface area contributed by atoms with E-state index < -0.39 is 18.0 Å². The molecule has 0 spiro atoms. The highest BCUT2D eigenvalue weighted by Gasteiger charge is 2.21. The third kappa shape index (κ3) is 30.6. The minimum atomic E-state index is -1.20. The number of hydrogen-bond donors (Lipinski definition) is 5. The summed E-state index contributed by atoms with van der Waals surface area (Å²) in [4.78, 5) is 82.1. The van der Waals surface area contributed by atoms with Gasteiger partial charge in [-0.05, 0) is 69.7 Å². The Kier molecular flexibility index (Phi) is 31.5. The maximum atomic E-state index is 12.3. The van der Waals surface area contributed by atoms with Crippen LogP contribution in [0.4, 0.5) is 0 Å². The second kappa shape index (κ2) is 35.3. The van der Waals surface area contributed by atoms with E-state index in [1.54, 1.807) is 19.1 Å². The molecule has 0 aliphatic rings. The maximum absolute atomic E-state index is 12.3. The molecule has 0 aromatic heterocycles. The van der Waals surface area contributed by atoms with E-state index in [1.807, 2.05) is 6.92 Å². The van der Waals surface area contributed by atoms with Crippen LogP contribution in [0.2, 0.25) is 0 Å². The smallest absolute Gasteiger partial charge is 0.335 e. The number of ether oxygens (including phenoxy) is 5. The molecule has 2 atom stereocenters. The van der Waals surface area contributed by atoms with Crippen LogP contribution in [0.5, 0.6) is 5.75 Å². The lowest BCUT2D eigenvalue weighted by Gasteiger charge is -2.14. The highest BCUT2D eigenvalue weighted by Crippen LogP contribution is 2.14. The van der Waals surface area contributed by atoms with E-state index in [0.29, 0.717) is 51.4 Å². The second-order valence-electron chi connectivity index (χ2n) is 14.6. The molecule has 1 rings (SSSR count). The standard InChI is InChI=1S/C43H69N3O14/c1-33(34(2)47)13-9-10-22-44-41(51)32-59-30-27-56-24-12-14-36(48)31-58-29-28-57-26-23-45-39(49)21-20-38(43(54)55)46-40(50)15-8-6-4-3-5-7-11-25-60-37-18-16-35(17-19-37)42(52)53/h16-19,33,38H,3-15,20-32H2,1-2H3,(H,44,51)(H,45,49)(H,46,50)(H,52,53)(H,54,55)/t33-,38-/m0/s1. The topological polar surface area (TPSA) is 242 Å². The quantitative estimate of drug-likeness (QED) is 0.0580. The number of rotatable bonds is 40. The Bertz CT molecular complexity index is 1390. The number of carboxylic acid groups (broad SMARTS) is 2. The van der Waals surface area contributed by atoms with Gasteiger partial charge in [-0.3, -0.25) is 24.0 Å². The van der Waals surface area contributed by atoms with Crippen molar-refractivity contribution in [1.82, 2.24) is 16.0 Å². The van der Waals surface area contributed by atoms with Gasteiger partial charge in [-0.2, -0.15) is 0 Å². The number of carboxylic acids is 2. The number of aromatic carboxylic acids is 1. The first kappa shape index (κ1) is 53.6. The zero-order valence-electron chi connectivity index (χ0n) is 35.6. The molecular weight excluding hydrogens is 782 g/mol. The van der Waals surface area contributed by atoms with E-state index >= 15 is 0 Å².